The first-order chi connectivity index (χ1) is 8.67. The molecule has 0 N–H and O–H groups in total. The summed E-state index contributed by atoms with van der Waals surface area (Å²) in [5.74, 6) is -0.598. The van der Waals surface area contributed by atoms with Gasteiger partial charge in [-0.05, 0) is 24.5 Å². The highest BCUT2D eigenvalue weighted by Crippen LogP contribution is 2.40. The smallest absolute Gasteiger partial charge is 0.160 e. The van der Waals surface area contributed by atoms with Crippen LogP contribution in [0.15, 0.2) is 24.5 Å². The minimum Gasteiger partial charge on any atom is -0.297 e. The lowest BCUT2D eigenvalue weighted by atomic mass is 9.69. The van der Waals surface area contributed by atoms with Crippen LogP contribution in [0.1, 0.15) is 50.5 Å². The molecule has 1 heterocycles. The van der Waals surface area contributed by atoms with Crippen LogP contribution in [0.3, 0.4) is 0 Å². The lowest BCUT2D eigenvalue weighted by molar-refractivity contribution is -0.129. The number of nitrogens with zero attached hydrogens (tertiary/aromatic N) is 2. The van der Waals surface area contributed by atoms with Crippen LogP contribution < -0.4 is 0 Å². The highest BCUT2D eigenvalue weighted by molar-refractivity contribution is 5.93. The van der Waals surface area contributed by atoms with Gasteiger partial charge in [0, 0.05) is 17.8 Å². The molecule has 1 aliphatic carbocycles. The molecule has 1 aromatic heterocycles. The second kappa shape index (κ2) is 5.30. The van der Waals surface area contributed by atoms with E-state index >= 15 is 0 Å². The van der Waals surface area contributed by atoms with Gasteiger partial charge in [-0.1, -0.05) is 32.3 Å². The van der Waals surface area contributed by atoms with E-state index in [1.165, 1.54) is 6.42 Å². The Morgan fingerprint density at radius 1 is 1.44 bits per heavy atom. The van der Waals surface area contributed by atoms with Gasteiger partial charge in [0.05, 0.1) is 6.07 Å². The third kappa shape index (κ3) is 2.43. The third-order valence-electron chi connectivity index (χ3n) is 3.96. The number of rotatable bonds is 3. The van der Waals surface area contributed by atoms with E-state index in [1.54, 1.807) is 18.5 Å². The first-order valence-corrected chi connectivity index (χ1v) is 6.51. The molecule has 3 heteroatoms. The molecule has 1 aliphatic rings. The topological polar surface area (TPSA) is 53.8 Å². The maximum atomic E-state index is 12.6. The van der Waals surface area contributed by atoms with Crippen molar-refractivity contribution >= 4 is 5.78 Å². The fourth-order valence-electron chi connectivity index (χ4n) is 2.76. The zero-order valence-corrected chi connectivity index (χ0v) is 10.7. The highest BCUT2D eigenvalue weighted by Gasteiger charge is 2.39. The van der Waals surface area contributed by atoms with Crippen LogP contribution in [0.4, 0.5) is 0 Å². The van der Waals surface area contributed by atoms with Gasteiger partial charge >= 0.3 is 0 Å². The molecule has 94 valence electrons. The summed E-state index contributed by atoms with van der Waals surface area (Å²) in [4.78, 5) is 16.6. The van der Waals surface area contributed by atoms with Gasteiger partial charge < -0.3 is 0 Å². The highest BCUT2D eigenvalue weighted by atomic mass is 16.1. The number of aromatic nitrogens is 1. The monoisotopic (exact) mass is 242 g/mol. The van der Waals surface area contributed by atoms with Crippen molar-refractivity contribution in [1.29, 1.82) is 5.26 Å². The molecule has 2 rings (SSSR count). The first kappa shape index (κ1) is 12.8. The van der Waals surface area contributed by atoms with Crippen LogP contribution >= 0.6 is 0 Å². The summed E-state index contributed by atoms with van der Waals surface area (Å²) in [7, 11) is 0. The van der Waals surface area contributed by atoms with Gasteiger partial charge in [-0.25, -0.2) is 0 Å². The van der Waals surface area contributed by atoms with E-state index in [9.17, 15) is 10.1 Å². The molecule has 0 radical (unpaired) electrons. The number of pyridine rings is 1. The molecule has 0 spiro atoms. The summed E-state index contributed by atoms with van der Waals surface area (Å²) < 4.78 is 0. The van der Waals surface area contributed by atoms with Gasteiger partial charge in [-0.2, -0.15) is 5.26 Å². The standard InChI is InChI=1S/C15H18N2O/c1-15(7-3-2-4-8-15)14(18)13(10-16)12-6-5-9-17-11-12/h5-6,9,11,13H,2-4,7-8H2,1H3. The van der Waals surface area contributed by atoms with E-state index in [0.717, 1.165) is 31.2 Å². The number of hydrogen-bond donors (Lipinski definition) is 0. The van der Waals surface area contributed by atoms with Crippen LogP contribution in [-0.4, -0.2) is 10.8 Å². The van der Waals surface area contributed by atoms with Crippen molar-refractivity contribution in [3.8, 4) is 6.07 Å². The van der Waals surface area contributed by atoms with Crippen LogP contribution in [-0.2, 0) is 4.79 Å². The second-order valence-corrected chi connectivity index (χ2v) is 5.33. The Morgan fingerprint density at radius 3 is 2.72 bits per heavy atom. The summed E-state index contributed by atoms with van der Waals surface area (Å²) >= 11 is 0. The molecular formula is C15H18N2O. The number of ketones is 1. The summed E-state index contributed by atoms with van der Waals surface area (Å²) in [5.41, 5.74) is 0.394. The molecule has 0 aliphatic heterocycles. The zero-order chi connectivity index (χ0) is 13.0. The zero-order valence-electron chi connectivity index (χ0n) is 10.7. The minimum atomic E-state index is -0.665. The van der Waals surface area contributed by atoms with Crippen molar-refractivity contribution in [2.45, 2.75) is 44.9 Å². The van der Waals surface area contributed by atoms with Crippen molar-refractivity contribution in [3.05, 3.63) is 30.1 Å². The molecule has 1 fully saturated rings. The van der Waals surface area contributed by atoms with E-state index in [1.807, 2.05) is 13.0 Å². The maximum Gasteiger partial charge on any atom is 0.160 e. The van der Waals surface area contributed by atoms with E-state index in [2.05, 4.69) is 11.1 Å². The quantitative estimate of drug-likeness (QED) is 0.817. The Hall–Kier alpha value is -1.69. The van der Waals surface area contributed by atoms with Crippen LogP contribution in [0.25, 0.3) is 0 Å². The van der Waals surface area contributed by atoms with Crippen LogP contribution in [0.5, 0.6) is 0 Å². The number of carbonyl (C=O) groups is 1. The van der Waals surface area contributed by atoms with E-state index < -0.39 is 5.92 Å². The third-order valence-corrected chi connectivity index (χ3v) is 3.96. The van der Waals surface area contributed by atoms with Gasteiger partial charge in [0.2, 0.25) is 0 Å². The van der Waals surface area contributed by atoms with Crippen LogP contribution in [0, 0.1) is 16.7 Å². The molecular weight excluding hydrogens is 224 g/mol. The Morgan fingerprint density at radius 2 is 2.17 bits per heavy atom. The molecule has 1 aromatic rings. The van der Waals surface area contributed by atoms with E-state index in [-0.39, 0.29) is 11.2 Å². The average Bonchev–Trinajstić information content (AvgIpc) is 2.41. The van der Waals surface area contributed by atoms with Crippen molar-refractivity contribution in [2.75, 3.05) is 0 Å². The molecule has 0 bridgehead atoms. The predicted molar refractivity (Wildman–Crippen MR) is 68.8 cm³/mol. The maximum absolute atomic E-state index is 12.6. The Labute approximate surface area is 108 Å². The van der Waals surface area contributed by atoms with E-state index in [0.29, 0.717) is 0 Å². The number of hydrogen-bond acceptors (Lipinski definition) is 3. The van der Waals surface area contributed by atoms with Gasteiger partial charge in [0.1, 0.15) is 5.92 Å². The molecule has 0 amide bonds. The fourth-order valence-corrected chi connectivity index (χ4v) is 2.76. The van der Waals surface area contributed by atoms with Crippen LogP contribution in [0.2, 0.25) is 0 Å². The summed E-state index contributed by atoms with van der Waals surface area (Å²) in [6, 6.07) is 5.74. The summed E-state index contributed by atoms with van der Waals surface area (Å²) in [6.07, 6.45) is 8.48. The fraction of sp³-hybridized carbons (Fsp3) is 0.533. The minimum absolute atomic E-state index is 0.0673. The van der Waals surface area contributed by atoms with Crippen molar-refractivity contribution in [1.82, 2.24) is 4.98 Å². The van der Waals surface area contributed by atoms with E-state index in [4.69, 9.17) is 0 Å². The SMILES string of the molecule is CC1(C(=O)C(C#N)c2cccnc2)CCCCC1. The van der Waals surface area contributed by atoms with Crippen molar-refractivity contribution < 1.29 is 4.79 Å². The summed E-state index contributed by atoms with van der Waals surface area (Å²) in [5, 5.41) is 9.30. The summed E-state index contributed by atoms with van der Waals surface area (Å²) in [6.45, 7) is 2.01. The van der Waals surface area contributed by atoms with Gasteiger partial charge in [0.15, 0.2) is 5.78 Å². The van der Waals surface area contributed by atoms with Gasteiger partial charge in [-0.15, -0.1) is 0 Å². The largest absolute Gasteiger partial charge is 0.297 e. The average molecular weight is 242 g/mol. The molecule has 0 aromatic carbocycles. The van der Waals surface area contributed by atoms with Gasteiger partial charge in [0.25, 0.3) is 0 Å². The molecule has 0 saturated heterocycles. The predicted octanol–water partition coefficient (Wildman–Crippen LogP) is 3.23. The number of nitriles is 1. The number of Topliss-reactive ketones (excluding diaryl/α,β-unsaturated/α-hetero) is 1. The number of carbonyl (C=O) groups excluding carboxylic acids is 1. The van der Waals surface area contributed by atoms with Crippen molar-refractivity contribution in [3.63, 3.8) is 0 Å². The molecule has 1 atom stereocenters. The molecule has 1 unspecified atom stereocenters. The Balaban J connectivity index is 2.23. The molecule has 1 saturated carbocycles. The molecule has 3 nitrogen and oxygen atoms in total. The lowest BCUT2D eigenvalue weighted by Crippen LogP contribution is -2.34. The normalized spacial score (nSPS) is 19.8. The molecule has 18 heavy (non-hydrogen) atoms. The van der Waals surface area contributed by atoms with Crippen molar-refractivity contribution in [2.24, 2.45) is 5.41 Å². The van der Waals surface area contributed by atoms with Gasteiger partial charge in [-0.3, -0.25) is 9.78 Å². The Kier molecular flexibility index (Phi) is 3.76. The lowest BCUT2D eigenvalue weighted by Gasteiger charge is -2.33. The Bertz CT molecular complexity index is 455. The first-order valence-electron chi connectivity index (χ1n) is 6.51. The second-order valence-electron chi connectivity index (χ2n) is 5.33.